The van der Waals surface area contributed by atoms with E-state index in [0.29, 0.717) is 4.90 Å². The Bertz CT molecular complexity index is 880. The van der Waals surface area contributed by atoms with Gasteiger partial charge in [0.2, 0.25) is 0 Å². The molecule has 0 radical (unpaired) electrons. The van der Waals surface area contributed by atoms with E-state index < -0.39 is 16.8 Å². The summed E-state index contributed by atoms with van der Waals surface area (Å²) in [6.45, 7) is -0.335. The number of rotatable bonds is 5. The van der Waals surface area contributed by atoms with E-state index in [-0.39, 0.29) is 24.1 Å². The van der Waals surface area contributed by atoms with Crippen LogP contribution in [0.15, 0.2) is 53.4 Å². The van der Waals surface area contributed by atoms with Crippen molar-refractivity contribution < 1.29 is 18.5 Å². The Morgan fingerprint density at radius 3 is 2.63 bits per heavy atom. The molecule has 0 aliphatic heterocycles. The summed E-state index contributed by atoms with van der Waals surface area (Å²) in [4.78, 5) is 27.0. The number of carbonyl (C=O) groups is 2. The van der Waals surface area contributed by atoms with Gasteiger partial charge in [-0.1, -0.05) is 36.4 Å². The summed E-state index contributed by atoms with van der Waals surface area (Å²) in [5.74, 6) is -0.883. The third-order valence-corrected chi connectivity index (χ3v) is 5.92. The molecule has 0 aromatic heterocycles. The number of amides is 1. The molecule has 0 bridgehead atoms. The zero-order chi connectivity index (χ0) is 19.4. The second kappa shape index (κ2) is 8.48. The summed E-state index contributed by atoms with van der Waals surface area (Å²) in [6.07, 6.45) is 4.44. The van der Waals surface area contributed by atoms with Crippen molar-refractivity contribution in [3.63, 3.8) is 0 Å². The summed E-state index contributed by atoms with van der Waals surface area (Å²) in [5, 5.41) is 0. The normalized spacial score (nSPS) is 16.9. The number of esters is 1. The fourth-order valence-electron chi connectivity index (χ4n) is 3.50. The third-order valence-electron chi connectivity index (χ3n) is 4.94. The van der Waals surface area contributed by atoms with Crippen molar-refractivity contribution >= 4 is 22.7 Å². The first-order valence-corrected chi connectivity index (χ1v) is 10.5. The predicted molar refractivity (Wildman–Crippen MR) is 104 cm³/mol. The molecule has 3 rings (SSSR count). The topological polar surface area (TPSA) is 63.7 Å². The van der Waals surface area contributed by atoms with Crippen LogP contribution in [0.3, 0.4) is 0 Å². The number of carbonyl (C=O) groups excluding carboxylic acids is 2. The lowest BCUT2D eigenvalue weighted by atomic mass is 9.87. The van der Waals surface area contributed by atoms with Crippen LogP contribution in [0, 0.1) is 0 Å². The maximum Gasteiger partial charge on any atom is 0.339 e. The Kier molecular flexibility index (Phi) is 6.06. The third kappa shape index (κ3) is 4.27. The van der Waals surface area contributed by atoms with Crippen LogP contribution in [0.1, 0.15) is 40.4 Å². The average molecular weight is 385 g/mol. The van der Waals surface area contributed by atoms with E-state index in [4.69, 9.17) is 4.74 Å². The van der Waals surface area contributed by atoms with E-state index in [2.05, 4.69) is 12.1 Å². The fourth-order valence-corrected chi connectivity index (χ4v) is 4.23. The van der Waals surface area contributed by atoms with Crippen LogP contribution in [0.25, 0.3) is 0 Å². The first-order chi connectivity index (χ1) is 13.0. The molecule has 142 valence electrons. The van der Waals surface area contributed by atoms with E-state index in [1.807, 2.05) is 12.1 Å². The highest BCUT2D eigenvalue weighted by Crippen LogP contribution is 2.33. The summed E-state index contributed by atoms with van der Waals surface area (Å²) < 4.78 is 17.0. The van der Waals surface area contributed by atoms with Crippen molar-refractivity contribution in [2.75, 3.05) is 19.9 Å². The zero-order valence-electron chi connectivity index (χ0n) is 15.5. The van der Waals surface area contributed by atoms with E-state index in [1.54, 1.807) is 36.2 Å². The molecule has 0 unspecified atom stereocenters. The van der Waals surface area contributed by atoms with Gasteiger partial charge < -0.3 is 9.64 Å². The minimum Gasteiger partial charge on any atom is -0.452 e. The van der Waals surface area contributed by atoms with E-state index in [0.717, 1.165) is 24.8 Å². The zero-order valence-corrected chi connectivity index (χ0v) is 16.3. The highest BCUT2D eigenvalue weighted by Gasteiger charge is 2.27. The van der Waals surface area contributed by atoms with Crippen molar-refractivity contribution in [2.24, 2.45) is 0 Å². The van der Waals surface area contributed by atoms with Crippen LogP contribution in [-0.4, -0.2) is 40.9 Å². The van der Waals surface area contributed by atoms with Gasteiger partial charge in [0.15, 0.2) is 6.61 Å². The van der Waals surface area contributed by atoms with Crippen molar-refractivity contribution in [1.82, 2.24) is 4.90 Å². The molecule has 0 fully saturated rings. The van der Waals surface area contributed by atoms with Gasteiger partial charge in [-0.2, -0.15) is 0 Å². The van der Waals surface area contributed by atoms with Crippen molar-refractivity contribution in [3.05, 3.63) is 65.2 Å². The van der Waals surface area contributed by atoms with Crippen LogP contribution < -0.4 is 0 Å². The lowest BCUT2D eigenvalue weighted by Crippen LogP contribution is -2.36. The van der Waals surface area contributed by atoms with Crippen LogP contribution in [0.2, 0.25) is 0 Å². The van der Waals surface area contributed by atoms with E-state index >= 15 is 0 Å². The molecule has 0 spiro atoms. The van der Waals surface area contributed by atoms with Gasteiger partial charge in [-0.05, 0) is 42.5 Å². The van der Waals surface area contributed by atoms with Crippen molar-refractivity contribution in [2.45, 2.75) is 30.2 Å². The molecule has 5 nitrogen and oxygen atoms in total. The maximum atomic E-state index is 12.6. The Morgan fingerprint density at radius 2 is 1.85 bits per heavy atom. The molecule has 27 heavy (non-hydrogen) atoms. The summed E-state index contributed by atoms with van der Waals surface area (Å²) in [6, 6.07) is 14.7. The minimum atomic E-state index is -1.31. The van der Waals surface area contributed by atoms with Crippen LogP contribution >= 0.6 is 0 Å². The van der Waals surface area contributed by atoms with Crippen LogP contribution in [0.5, 0.6) is 0 Å². The molecule has 1 amide bonds. The highest BCUT2D eigenvalue weighted by molar-refractivity contribution is 7.84. The van der Waals surface area contributed by atoms with Gasteiger partial charge in [-0.15, -0.1) is 0 Å². The predicted octanol–water partition coefficient (Wildman–Crippen LogP) is 3.12. The highest BCUT2D eigenvalue weighted by atomic mass is 32.2. The van der Waals surface area contributed by atoms with Gasteiger partial charge in [0.05, 0.1) is 27.3 Å². The molecule has 0 N–H and O–H groups in total. The number of benzene rings is 2. The Balaban J connectivity index is 1.66. The molecule has 1 aliphatic rings. The molecule has 2 atom stereocenters. The van der Waals surface area contributed by atoms with Crippen molar-refractivity contribution in [1.29, 1.82) is 0 Å². The second-order valence-electron chi connectivity index (χ2n) is 6.64. The molecular formula is C21H23NO4S. The molecule has 6 heteroatoms. The Morgan fingerprint density at radius 1 is 1.15 bits per heavy atom. The molecule has 2 aromatic carbocycles. The standard InChI is InChI=1S/C21H23NO4S/c1-22(18-12-7-9-15-8-3-4-10-16(15)18)20(23)14-26-21(24)17-11-5-6-13-19(17)27(2)25/h3-6,8,10-11,13,18H,7,9,12,14H2,1-2H3/t18-,27-/m0/s1. The first-order valence-electron chi connectivity index (χ1n) is 8.92. The maximum absolute atomic E-state index is 12.6. The molecule has 0 saturated heterocycles. The average Bonchev–Trinajstić information content (AvgIpc) is 2.70. The van der Waals surface area contributed by atoms with Gasteiger partial charge in [-0.25, -0.2) is 4.79 Å². The number of aryl methyl sites for hydroxylation is 1. The van der Waals surface area contributed by atoms with Crippen LogP contribution in [0.4, 0.5) is 0 Å². The largest absolute Gasteiger partial charge is 0.452 e. The number of fused-ring (bicyclic) bond motifs is 1. The number of likely N-dealkylation sites (N-methyl/N-ethyl adjacent to an activating group) is 1. The molecule has 1 aliphatic carbocycles. The molecule has 2 aromatic rings. The Labute approximate surface area is 161 Å². The summed E-state index contributed by atoms with van der Waals surface area (Å²) in [5.41, 5.74) is 2.67. The number of nitrogens with zero attached hydrogens (tertiary/aromatic N) is 1. The number of ether oxygens (including phenoxy) is 1. The number of hydrogen-bond acceptors (Lipinski definition) is 4. The van der Waals surface area contributed by atoms with E-state index in [9.17, 15) is 13.8 Å². The summed E-state index contributed by atoms with van der Waals surface area (Å²) in [7, 11) is 0.439. The van der Waals surface area contributed by atoms with Gasteiger partial charge >= 0.3 is 5.97 Å². The number of hydrogen-bond donors (Lipinski definition) is 0. The summed E-state index contributed by atoms with van der Waals surface area (Å²) >= 11 is 0. The van der Waals surface area contributed by atoms with Crippen LogP contribution in [-0.2, 0) is 26.8 Å². The molecule has 0 heterocycles. The Hall–Kier alpha value is -2.47. The molecule has 0 saturated carbocycles. The van der Waals surface area contributed by atoms with Crippen molar-refractivity contribution in [3.8, 4) is 0 Å². The SMILES string of the molecule is CN(C(=O)COC(=O)c1ccccc1[S@](C)=O)[C@H]1CCCc2ccccc21. The quantitative estimate of drug-likeness (QED) is 0.742. The fraction of sp³-hybridized carbons (Fsp3) is 0.333. The molecular weight excluding hydrogens is 362 g/mol. The van der Waals surface area contributed by atoms with Gasteiger partial charge in [0, 0.05) is 13.3 Å². The lowest BCUT2D eigenvalue weighted by Gasteiger charge is -2.33. The first kappa shape index (κ1) is 19.3. The smallest absolute Gasteiger partial charge is 0.339 e. The van der Waals surface area contributed by atoms with Gasteiger partial charge in [-0.3, -0.25) is 9.00 Å². The second-order valence-corrected chi connectivity index (χ2v) is 7.99. The monoisotopic (exact) mass is 385 g/mol. The van der Waals surface area contributed by atoms with Gasteiger partial charge in [0.1, 0.15) is 0 Å². The lowest BCUT2D eigenvalue weighted by molar-refractivity contribution is -0.135. The minimum absolute atomic E-state index is 0.00316. The van der Waals surface area contributed by atoms with Gasteiger partial charge in [0.25, 0.3) is 5.91 Å². The van der Waals surface area contributed by atoms with E-state index in [1.165, 1.54) is 11.8 Å².